The number of rotatable bonds is 4. The quantitative estimate of drug-likeness (QED) is 0.795. The third kappa shape index (κ3) is 3.71. The smallest absolute Gasteiger partial charge is 0.249 e. The van der Waals surface area contributed by atoms with Crippen molar-refractivity contribution in [1.82, 2.24) is 0 Å². The standard InChI is InChI=1S/C19H18ClFN2O2S/c1-12(2)26(25)11-23-17-8-7-13(20)9-15(17)19(22-10-18(23)24)14-5-3-4-6-16(14)21/h3-9,12H,10-11H2,1-2H3. The number of fused-ring (bicyclic) bond motifs is 1. The van der Waals surface area contributed by atoms with E-state index in [0.29, 0.717) is 27.5 Å². The van der Waals surface area contributed by atoms with Crippen molar-refractivity contribution in [3.05, 3.63) is 64.4 Å². The number of anilines is 1. The second-order valence-electron chi connectivity index (χ2n) is 6.19. The molecule has 1 amide bonds. The van der Waals surface area contributed by atoms with Gasteiger partial charge in [-0.05, 0) is 30.3 Å². The van der Waals surface area contributed by atoms with Crippen molar-refractivity contribution in [2.45, 2.75) is 19.1 Å². The van der Waals surface area contributed by atoms with E-state index in [0.717, 1.165) is 0 Å². The molecule has 1 aliphatic rings. The Morgan fingerprint density at radius 1 is 1.23 bits per heavy atom. The van der Waals surface area contributed by atoms with E-state index < -0.39 is 16.6 Å². The SMILES string of the molecule is CC(C)S(=O)CN1C(=O)CN=C(c2ccccc2F)c2cc(Cl)ccc21. The summed E-state index contributed by atoms with van der Waals surface area (Å²) < 4.78 is 26.7. The van der Waals surface area contributed by atoms with E-state index in [-0.39, 0.29) is 23.6 Å². The molecule has 0 saturated heterocycles. The number of carbonyl (C=O) groups excluding carboxylic acids is 1. The summed E-state index contributed by atoms with van der Waals surface area (Å²) in [5.74, 6) is -0.650. The molecule has 4 nitrogen and oxygen atoms in total. The first kappa shape index (κ1) is 18.7. The van der Waals surface area contributed by atoms with Crippen LogP contribution in [-0.4, -0.2) is 33.5 Å². The van der Waals surface area contributed by atoms with Crippen LogP contribution in [0.25, 0.3) is 0 Å². The molecule has 136 valence electrons. The van der Waals surface area contributed by atoms with Gasteiger partial charge >= 0.3 is 0 Å². The number of carbonyl (C=O) groups is 1. The van der Waals surface area contributed by atoms with Gasteiger partial charge in [0.15, 0.2) is 0 Å². The van der Waals surface area contributed by atoms with Crippen LogP contribution in [0.5, 0.6) is 0 Å². The molecule has 0 spiro atoms. The number of hydrogen-bond acceptors (Lipinski definition) is 3. The molecular formula is C19H18ClFN2O2S. The number of nitrogens with zero attached hydrogens (tertiary/aromatic N) is 2. The average Bonchev–Trinajstić information content (AvgIpc) is 2.73. The molecule has 0 N–H and O–H groups in total. The van der Waals surface area contributed by atoms with E-state index in [9.17, 15) is 13.4 Å². The van der Waals surface area contributed by atoms with Gasteiger partial charge in [-0.2, -0.15) is 0 Å². The highest BCUT2D eigenvalue weighted by Crippen LogP contribution is 2.30. The summed E-state index contributed by atoms with van der Waals surface area (Å²) in [5, 5.41) is 0.362. The van der Waals surface area contributed by atoms with Gasteiger partial charge in [-0.1, -0.05) is 37.6 Å². The van der Waals surface area contributed by atoms with Crippen LogP contribution < -0.4 is 4.90 Å². The van der Waals surface area contributed by atoms with Gasteiger partial charge in [0.05, 0.1) is 11.4 Å². The Morgan fingerprint density at radius 3 is 2.65 bits per heavy atom. The molecular weight excluding hydrogens is 375 g/mol. The first-order valence-electron chi connectivity index (χ1n) is 8.15. The van der Waals surface area contributed by atoms with Crippen LogP contribution >= 0.6 is 11.6 Å². The lowest BCUT2D eigenvalue weighted by molar-refractivity contribution is -0.117. The fourth-order valence-electron chi connectivity index (χ4n) is 2.69. The van der Waals surface area contributed by atoms with Gasteiger partial charge in [-0.25, -0.2) is 4.39 Å². The molecule has 0 radical (unpaired) electrons. The maximum Gasteiger partial charge on any atom is 0.249 e. The Kier molecular flexibility index (Phi) is 5.53. The molecule has 0 saturated carbocycles. The van der Waals surface area contributed by atoms with Gasteiger partial charge in [-0.15, -0.1) is 0 Å². The Bertz CT molecular complexity index is 914. The van der Waals surface area contributed by atoms with Gasteiger partial charge < -0.3 is 0 Å². The maximum atomic E-state index is 14.4. The Labute approximate surface area is 159 Å². The molecule has 2 aromatic rings. The lowest BCUT2D eigenvalue weighted by atomic mass is 10.00. The van der Waals surface area contributed by atoms with Crippen molar-refractivity contribution in [3.63, 3.8) is 0 Å². The Morgan fingerprint density at radius 2 is 1.96 bits per heavy atom. The second-order valence-corrected chi connectivity index (χ2v) is 8.59. The number of halogens is 2. The molecule has 0 fully saturated rings. The van der Waals surface area contributed by atoms with E-state index in [1.54, 1.807) is 36.4 Å². The summed E-state index contributed by atoms with van der Waals surface area (Å²) in [5.41, 5.74) is 1.75. The van der Waals surface area contributed by atoms with E-state index >= 15 is 0 Å². The normalized spacial score (nSPS) is 15.5. The Balaban J connectivity index is 2.15. The van der Waals surface area contributed by atoms with Crippen LogP contribution in [0, 0.1) is 5.82 Å². The first-order valence-corrected chi connectivity index (χ1v) is 9.91. The molecule has 1 unspecified atom stereocenters. The summed E-state index contributed by atoms with van der Waals surface area (Å²) >= 11 is 6.15. The summed E-state index contributed by atoms with van der Waals surface area (Å²) in [6.45, 7) is 3.52. The van der Waals surface area contributed by atoms with Crippen molar-refractivity contribution in [3.8, 4) is 0 Å². The second kappa shape index (κ2) is 7.68. The first-order chi connectivity index (χ1) is 12.4. The fraction of sp³-hybridized carbons (Fsp3) is 0.263. The molecule has 1 aliphatic heterocycles. The zero-order valence-electron chi connectivity index (χ0n) is 14.4. The minimum atomic E-state index is -1.22. The summed E-state index contributed by atoms with van der Waals surface area (Å²) in [6.07, 6.45) is 0. The predicted molar refractivity (Wildman–Crippen MR) is 104 cm³/mol. The summed E-state index contributed by atoms with van der Waals surface area (Å²) in [7, 11) is -1.22. The average molecular weight is 393 g/mol. The fourth-order valence-corrected chi connectivity index (χ4v) is 3.69. The van der Waals surface area contributed by atoms with Gasteiger partial charge in [0.2, 0.25) is 5.91 Å². The van der Waals surface area contributed by atoms with E-state index in [4.69, 9.17) is 11.6 Å². The van der Waals surface area contributed by atoms with Crippen LogP contribution in [0.3, 0.4) is 0 Å². The predicted octanol–water partition coefficient (Wildman–Crippen LogP) is 3.78. The monoisotopic (exact) mass is 392 g/mol. The van der Waals surface area contributed by atoms with E-state index in [1.165, 1.54) is 11.0 Å². The zero-order valence-corrected chi connectivity index (χ0v) is 16.0. The summed E-state index contributed by atoms with van der Waals surface area (Å²) in [6, 6.07) is 11.3. The minimum Gasteiger partial charge on any atom is -0.298 e. The largest absolute Gasteiger partial charge is 0.298 e. The van der Waals surface area contributed by atoms with E-state index in [1.807, 2.05) is 13.8 Å². The lowest BCUT2D eigenvalue weighted by Crippen LogP contribution is -2.36. The van der Waals surface area contributed by atoms with Crippen molar-refractivity contribution in [1.29, 1.82) is 0 Å². The molecule has 0 aromatic heterocycles. The maximum absolute atomic E-state index is 14.4. The topological polar surface area (TPSA) is 49.7 Å². The lowest BCUT2D eigenvalue weighted by Gasteiger charge is -2.23. The van der Waals surface area contributed by atoms with Gasteiger partial charge in [0.25, 0.3) is 0 Å². The highest BCUT2D eigenvalue weighted by molar-refractivity contribution is 7.85. The molecule has 1 atom stereocenters. The third-order valence-electron chi connectivity index (χ3n) is 4.09. The molecule has 2 aromatic carbocycles. The van der Waals surface area contributed by atoms with Gasteiger partial charge in [-0.3, -0.25) is 18.9 Å². The van der Waals surface area contributed by atoms with Crippen LogP contribution in [0.4, 0.5) is 10.1 Å². The van der Waals surface area contributed by atoms with Crippen LogP contribution in [0.1, 0.15) is 25.0 Å². The highest BCUT2D eigenvalue weighted by Gasteiger charge is 2.28. The molecule has 7 heteroatoms. The van der Waals surface area contributed by atoms with Gasteiger partial charge in [0.1, 0.15) is 18.2 Å². The number of amides is 1. The zero-order chi connectivity index (χ0) is 18.8. The number of benzodiazepines with no additional fused rings is 1. The molecule has 26 heavy (non-hydrogen) atoms. The van der Waals surface area contributed by atoms with Crippen molar-refractivity contribution < 1.29 is 13.4 Å². The third-order valence-corrected chi connectivity index (χ3v) is 5.89. The van der Waals surface area contributed by atoms with Crippen LogP contribution in [0.15, 0.2) is 47.5 Å². The minimum absolute atomic E-state index is 0.0607. The number of benzene rings is 2. The van der Waals surface area contributed by atoms with Crippen molar-refractivity contribution in [2.24, 2.45) is 4.99 Å². The molecule has 1 heterocycles. The van der Waals surface area contributed by atoms with Crippen molar-refractivity contribution in [2.75, 3.05) is 17.3 Å². The van der Waals surface area contributed by atoms with Crippen LogP contribution in [-0.2, 0) is 15.6 Å². The highest BCUT2D eigenvalue weighted by atomic mass is 35.5. The van der Waals surface area contributed by atoms with Crippen molar-refractivity contribution >= 4 is 39.7 Å². The number of hydrogen-bond donors (Lipinski definition) is 0. The van der Waals surface area contributed by atoms with Crippen LogP contribution in [0.2, 0.25) is 5.02 Å². The van der Waals surface area contributed by atoms with Gasteiger partial charge in [0, 0.05) is 32.2 Å². The molecule has 0 aliphatic carbocycles. The summed E-state index contributed by atoms with van der Waals surface area (Å²) in [4.78, 5) is 18.4. The molecule has 0 bridgehead atoms. The Hall–Kier alpha value is -2.05. The van der Waals surface area contributed by atoms with E-state index in [2.05, 4.69) is 4.99 Å². The molecule has 3 rings (SSSR count). The number of aliphatic imine (C=N–C) groups is 1.